The summed E-state index contributed by atoms with van der Waals surface area (Å²) in [4.78, 5) is 3.85. The van der Waals surface area contributed by atoms with Gasteiger partial charge in [-0.25, -0.2) is 0 Å². The molecule has 0 saturated carbocycles. The average Bonchev–Trinajstić information content (AvgIpc) is 2.06. The third-order valence-corrected chi connectivity index (χ3v) is 0.393. The average molecular weight is 155 g/mol. The van der Waals surface area contributed by atoms with Crippen LogP contribution < -0.4 is 0 Å². The van der Waals surface area contributed by atoms with Crippen LogP contribution in [-0.4, -0.2) is 12.8 Å². The zero-order valence-corrected chi connectivity index (χ0v) is 8.30. The van der Waals surface area contributed by atoms with Crippen LogP contribution in [0.3, 0.4) is 0 Å². The minimum absolute atomic E-state index is 0.853. The molecule has 0 rings (SSSR count). The fourth-order valence-electron chi connectivity index (χ4n) is 0.180. The van der Waals surface area contributed by atoms with Crippen molar-refractivity contribution in [2.75, 3.05) is 6.54 Å². The lowest BCUT2D eigenvalue weighted by molar-refractivity contribution is 1.14. The van der Waals surface area contributed by atoms with Gasteiger partial charge in [-0.15, -0.1) is 6.58 Å². The molecule has 0 atom stereocenters. The second-order valence-electron chi connectivity index (χ2n) is 1.29. The maximum atomic E-state index is 3.85. The summed E-state index contributed by atoms with van der Waals surface area (Å²) in [5.41, 5.74) is 0. The number of allylic oxidation sites excluding steroid dienone is 2. The van der Waals surface area contributed by atoms with Gasteiger partial charge in [-0.05, 0) is 13.8 Å². The molecule has 1 heteroatoms. The molecule has 0 saturated heterocycles. The highest BCUT2D eigenvalue weighted by Crippen LogP contribution is 1.60. The molecular formula is C10H21N. The van der Waals surface area contributed by atoms with Crippen molar-refractivity contribution in [1.29, 1.82) is 0 Å². The second-order valence-corrected chi connectivity index (χ2v) is 1.29. The maximum Gasteiger partial charge on any atom is 0.0360 e. The fraction of sp³-hybridized carbons (Fsp3) is 0.500. The molecule has 0 aliphatic rings. The predicted molar refractivity (Wildman–Crippen MR) is 56.4 cm³/mol. The van der Waals surface area contributed by atoms with Crippen LogP contribution in [0.25, 0.3) is 0 Å². The Morgan fingerprint density at radius 1 is 1.27 bits per heavy atom. The molecule has 0 unspecified atom stereocenters. The molecule has 0 radical (unpaired) electrons. The van der Waals surface area contributed by atoms with Gasteiger partial charge in [0, 0.05) is 12.8 Å². The molecule has 0 spiro atoms. The zero-order chi connectivity index (χ0) is 9.54. The third-order valence-electron chi connectivity index (χ3n) is 0.393. The Morgan fingerprint density at radius 2 is 1.64 bits per heavy atom. The largest absolute Gasteiger partial charge is 0.293 e. The fourth-order valence-corrected chi connectivity index (χ4v) is 0.180. The van der Waals surface area contributed by atoms with E-state index >= 15 is 0 Å². The minimum atomic E-state index is 0.853. The Morgan fingerprint density at radius 3 is 1.73 bits per heavy atom. The summed E-state index contributed by atoms with van der Waals surface area (Å²) < 4.78 is 0. The lowest BCUT2D eigenvalue weighted by atomic mass is 10.7. The number of aliphatic imine (C=N–C) groups is 1. The van der Waals surface area contributed by atoms with Crippen molar-refractivity contribution in [3.8, 4) is 0 Å². The molecule has 0 N–H and O–H groups in total. The molecule has 66 valence electrons. The molecule has 0 aromatic carbocycles. The Hall–Kier alpha value is -0.850. The smallest absolute Gasteiger partial charge is 0.0360 e. The number of hydrogen-bond donors (Lipinski definition) is 0. The monoisotopic (exact) mass is 155 g/mol. The van der Waals surface area contributed by atoms with E-state index < -0.39 is 0 Å². The highest BCUT2D eigenvalue weighted by molar-refractivity contribution is 5.69. The van der Waals surface area contributed by atoms with E-state index in [2.05, 4.69) is 18.2 Å². The molecular weight excluding hydrogens is 134 g/mol. The molecule has 0 aliphatic heterocycles. The topological polar surface area (TPSA) is 12.4 Å². The predicted octanol–water partition coefficient (Wildman–Crippen LogP) is 3.48. The summed E-state index contributed by atoms with van der Waals surface area (Å²) in [6, 6.07) is 0. The van der Waals surface area contributed by atoms with E-state index in [9.17, 15) is 0 Å². The van der Waals surface area contributed by atoms with Crippen molar-refractivity contribution in [3.63, 3.8) is 0 Å². The van der Waals surface area contributed by atoms with Gasteiger partial charge in [0.2, 0.25) is 0 Å². The van der Waals surface area contributed by atoms with E-state index in [1.807, 2.05) is 27.7 Å². The van der Waals surface area contributed by atoms with Crippen LogP contribution >= 0.6 is 0 Å². The Kier molecular flexibility index (Phi) is 53.3. The van der Waals surface area contributed by atoms with Crippen LogP contribution in [0.15, 0.2) is 30.3 Å². The summed E-state index contributed by atoms with van der Waals surface area (Å²) in [7, 11) is 0. The quantitative estimate of drug-likeness (QED) is 0.427. The van der Waals surface area contributed by atoms with Crippen LogP contribution in [-0.2, 0) is 0 Å². The zero-order valence-electron chi connectivity index (χ0n) is 8.30. The SMILES string of the molecule is C=CC.C=CC=NCC.CC. The van der Waals surface area contributed by atoms with Crippen LogP contribution in [0, 0.1) is 0 Å². The van der Waals surface area contributed by atoms with Crippen molar-refractivity contribution in [2.24, 2.45) is 4.99 Å². The second kappa shape index (κ2) is 35.3. The highest BCUT2D eigenvalue weighted by atomic mass is 14.7. The first-order chi connectivity index (χ1) is 5.33. The van der Waals surface area contributed by atoms with Gasteiger partial charge in [-0.2, -0.15) is 0 Å². The van der Waals surface area contributed by atoms with Crippen molar-refractivity contribution >= 4 is 6.21 Å². The van der Waals surface area contributed by atoms with E-state index in [1.54, 1.807) is 18.4 Å². The van der Waals surface area contributed by atoms with Crippen molar-refractivity contribution in [1.82, 2.24) is 0 Å². The molecule has 0 heterocycles. The van der Waals surface area contributed by atoms with Gasteiger partial charge >= 0.3 is 0 Å². The van der Waals surface area contributed by atoms with Gasteiger partial charge in [0.15, 0.2) is 0 Å². The summed E-state index contributed by atoms with van der Waals surface area (Å²) >= 11 is 0. The molecule has 0 aromatic heterocycles. The first-order valence-corrected chi connectivity index (χ1v) is 4.01. The normalized spacial score (nSPS) is 6.91. The molecule has 0 amide bonds. The summed E-state index contributed by atoms with van der Waals surface area (Å²) in [6.45, 7) is 15.5. The van der Waals surface area contributed by atoms with Crippen LogP contribution in [0.2, 0.25) is 0 Å². The summed E-state index contributed by atoms with van der Waals surface area (Å²) in [5, 5.41) is 0. The van der Waals surface area contributed by atoms with Gasteiger partial charge in [-0.1, -0.05) is 32.6 Å². The van der Waals surface area contributed by atoms with E-state index in [-0.39, 0.29) is 0 Å². The van der Waals surface area contributed by atoms with E-state index in [1.165, 1.54) is 0 Å². The van der Waals surface area contributed by atoms with Gasteiger partial charge in [-0.3, -0.25) is 4.99 Å². The molecule has 0 aliphatic carbocycles. The Labute approximate surface area is 71.6 Å². The first-order valence-electron chi connectivity index (χ1n) is 4.01. The van der Waals surface area contributed by atoms with Crippen molar-refractivity contribution in [2.45, 2.75) is 27.7 Å². The first kappa shape index (κ1) is 16.6. The van der Waals surface area contributed by atoms with Gasteiger partial charge in [0.1, 0.15) is 0 Å². The van der Waals surface area contributed by atoms with E-state index in [0.717, 1.165) is 6.54 Å². The number of nitrogens with zero attached hydrogens (tertiary/aromatic N) is 1. The molecule has 1 nitrogen and oxygen atoms in total. The maximum absolute atomic E-state index is 3.85. The van der Waals surface area contributed by atoms with Crippen LogP contribution in [0.4, 0.5) is 0 Å². The third kappa shape index (κ3) is 101. The van der Waals surface area contributed by atoms with Gasteiger partial charge < -0.3 is 0 Å². The number of rotatable bonds is 2. The minimum Gasteiger partial charge on any atom is -0.293 e. The Balaban J connectivity index is -0.000000109. The molecule has 0 aromatic rings. The van der Waals surface area contributed by atoms with Crippen molar-refractivity contribution < 1.29 is 0 Å². The van der Waals surface area contributed by atoms with E-state index in [0.29, 0.717) is 0 Å². The van der Waals surface area contributed by atoms with Gasteiger partial charge in [0.25, 0.3) is 0 Å². The van der Waals surface area contributed by atoms with Gasteiger partial charge in [0.05, 0.1) is 0 Å². The van der Waals surface area contributed by atoms with Crippen LogP contribution in [0.1, 0.15) is 27.7 Å². The van der Waals surface area contributed by atoms with Crippen LogP contribution in [0.5, 0.6) is 0 Å². The highest BCUT2D eigenvalue weighted by Gasteiger charge is 1.54. The summed E-state index contributed by atoms with van der Waals surface area (Å²) in [6.07, 6.45) is 5.11. The standard InChI is InChI=1S/C5H9N.C3H6.C2H6/c1-3-5-6-4-2;1-3-2;1-2/h3,5H,1,4H2,2H3;3H,1H2,2H3;1-2H3. The van der Waals surface area contributed by atoms with E-state index in [4.69, 9.17) is 0 Å². The lowest BCUT2D eigenvalue weighted by Crippen LogP contribution is -1.65. The molecule has 0 fully saturated rings. The molecule has 0 bridgehead atoms. The Bertz CT molecular complexity index is 82.9. The summed E-state index contributed by atoms with van der Waals surface area (Å²) in [5.74, 6) is 0. The number of hydrogen-bond acceptors (Lipinski definition) is 1. The van der Waals surface area contributed by atoms with Crippen molar-refractivity contribution in [3.05, 3.63) is 25.3 Å². The molecule has 11 heavy (non-hydrogen) atoms. The lowest BCUT2D eigenvalue weighted by Gasteiger charge is -1.70.